The second-order valence-corrected chi connectivity index (χ2v) is 6.43. The summed E-state index contributed by atoms with van der Waals surface area (Å²) >= 11 is 0. The minimum atomic E-state index is -0.174. The van der Waals surface area contributed by atoms with Crippen LogP contribution >= 0.6 is 0 Å². The molecule has 0 aromatic rings. The monoisotopic (exact) mass is 238 g/mol. The Morgan fingerprint density at radius 3 is 2.65 bits per heavy atom. The summed E-state index contributed by atoms with van der Waals surface area (Å²) in [5.74, 6) is 1.81. The largest absolute Gasteiger partial charge is 0.353 e. The van der Waals surface area contributed by atoms with Gasteiger partial charge in [0.05, 0.1) is 5.41 Å². The van der Waals surface area contributed by atoms with Crippen molar-refractivity contribution in [3.05, 3.63) is 0 Å². The number of carbonyl (C=O) groups excluding carboxylic acids is 1. The van der Waals surface area contributed by atoms with E-state index in [0.717, 1.165) is 44.2 Å². The molecule has 3 heteroatoms. The summed E-state index contributed by atoms with van der Waals surface area (Å²) in [5, 5.41) is 6.56. The molecule has 98 valence electrons. The van der Waals surface area contributed by atoms with Crippen molar-refractivity contribution >= 4 is 5.91 Å². The molecule has 1 aliphatic heterocycles. The smallest absolute Gasteiger partial charge is 0.227 e. The van der Waals surface area contributed by atoms with Gasteiger partial charge in [-0.05, 0) is 51.0 Å². The fourth-order valence-corrected chi connectivity index (χ4v) is 3.05. The van der Waals surface area contributed by atoms with Crippen LogP contribution in [0.15, 0.2) is 0 Å². The van der Waals surface area contributed by atoms with Gasteiger partial charge in [-0.2, -0.15) is 0 Å². The molecule has 4 unspecified atom stereocenters. The van der Waals surface area contributed by atoms with Crippen LogP contribution in [-0.4, -0.2) is 25.0 Å². The highest BCUT2D eigenvalue weighted by Crippen LogP contribution is 2.31. The first-order valence-corrected chi connectivity index (χ1v) is 7.03. The first-order valence-electron chi connectivity index (χ1n) is 7.03. The summed E-state index contributed by atoms with van der Waals surface area (Å²) in [6, 6.07) is 0.408. The van der Waals surface area contributed by atoms with Crippen LogP contribution in [0.25, 0.3) is 0 Å². The third-order valence-corrected chi connectivity index (χ3v) is 4.85. The first-order chi connectivity index (χ1) is 8.01. The molecule has 1 aliphatic carbocycles. The van der Waals surface area contributed by atoms with Crippen molar-refractivity contribution < 1.29 is 4.79 Å². The molecule has 3 nitrogen and oxygen atoms in total. The van der Waals surface area contributed by atoms with Crippen LogP contribution in [0.2, 0.25) is 0 Å². The molecule has 2 N–H and O–H groups in total. The third kappa shape index (κ3) is 2.82. The lowest BCUT2D eigenvalue weighted by atomic mass is 9.78. The Balaban J connectivity index is 1.86. The maximum atomic E-state index is 12.3. The van der Waals surface area contributed by atoms with Crippen molar-refractivity contribution in [1.29, 1.82) is 0 Å². The molecule has 0 aromatic heterocycles. The zero-order valence-corrected chi connectivity index (χ0v) is 11.4. The Kier molecular flexibility index (Phi) is 3.76. The van der Waals surface area contributed by atoms with Gasteiger partial charge in [-0.25, -0.2) is 0 Å². The van der Waals surface area contributed by atoms with Gasteiger partial charge < -0.3 is 10.6 Å². The minimum absolute atomic E-state index is 0.174. The standard InChI is InChI=1S/C14H26N2O/c1-10-4-5-12(8-11(10)2)16-13(17)14(3)6-7-15-9-14/h10-12,15H,4-9H2,1-3H3,(H,16,17). The van der Waals surface area contributed by atoms with Gasteiger partial charge in [0.25, 0.3) is 0 Å². The summed E-state index contributed by atoms with van der Waals surface area (Å²) in [6.45, 7) is 8.52. The SMILES string of the molecule is CC1CCC(NC(=O)C2(C)CCNC2)CC1C. The number of carbonyl (C=O) groups is 1. The minimum Gasteiger partial charge on any atom is -0.353 e. The predicted octanol–water partition coefficient (Wildman–Crippen LogP) is 1.93. The van der Waals surface area contributed by atoms with E-state index in [9.17, 15) is 4.79 Å². The molecule has 4 atom stereocenters. The molecule has 0 bridgehead atoms. The number of nitrogens with one attached hydrogen (secondary N) is 2. The number of rotatable bonds is 2. The summed E-state index contributed by atoms with van der Waals surface area (Å²) in [4.78, 5) is 12.3. The Hall–Kier alpha value is -0.570. The molecule has 1 saturated carbocycles. The maximum Gasteiger partial charge on any atom is 0.227 e. The van der Waals surface area contributed by atoms with Gasteiger partial charge in [-0.1, -0.05) is 13.8 Å². The van der Waals surface area contributed by atoms with Crippen molar-refractivity contribution in [2.45, 2.75) is 52.5 Å². The lowest BCUT2D eigenvalue weighted by molar-refractivity contribution is -0.130. The fourth-order valence-electron chi connectivity index (χ4n) is 3.05. The average molecular weight is 238 g/mol. The molecule has 0 radical (unpaired) electrons. The topological polar surface area (TPSA) is 41.1 Å². The van der Waals surface area contributed by atoms with Gasteiger partial charge in [0, 0.05) is 12.6 Å². The van der Waals surface area contributed by atoms with E-state index >= 15 is 0 Å². The highest BCUT2D eigenvalue weighted by Gasteiger charge is 2.37. The lowest BCUT2D eigenvalue weighted by Gasteiger charge is -2.34. The average Bonchev–Trinajstić information content (AvgIpc) is 2.72. The van der Waals surface area contributed by atoms with E-state index < -0.39 is 0 Å². The van der Waals surface area contributed by atoms with Crippen molar-refractivity contribution in [2.24, 2.45) is 17.3 Å². The van der Waals surface area contributed by atoms with E-state index in [1.807, 2.05) is 0 Å². The number of amides is 1. The van der Waals surface area contributed by atoms with Gasteiger partial charge in [0.15, 0.2) is 0 Å². The van der Waals surface area contributed by atoms with Crippen LogP contribution < -0.4 is 10.6 Å². The predicted molar refractivity (Wildman–Crippen MR) is 69.7 cm³/mol. The van der Waals surface area contributed by atoms with Crippen molar-refractivity contribution in [3.63, 3.8) is 0 Å². The van der Waals surface area contributed by atoms with Gasteiger partial charge in [0.2, 0.25) is 5.91 Å². The highest BCUT2D eigenvalue weighted by atomic mass is 16.2. The van der Waals surface area contributed by atoms with Crippen LogP contribution in [0.1, 0.15) is 46.5 Å². The molecule has 0 aromatic carbocycles. The van der Waals surface area contributed by atoms with Gasteiger partial charge >= 0.3 is 0 Å². The van der Waals surface area contributed by atoms with Crippen molar-refractivity contribution in [2.75, 3.05) is 13.1 Å². The second-order valence-electron chi connectivity index (χ2n) is 6.43. The van der Waals surface area contributed by atoms with E-state index in [4.69, 9.17) is 0 Å². The molecule has 2 fully saturated rings. The van der Waals surface area contributed by atoms with Crippen molar-refractivity contribution in [3.8, 4) is 0 Å². The molecular formula is C14H26N2O. The molecule has 1 amide bonds. The fraction of sp³-hybridized carbons (Fsp3) is 0.929. The van der Waals surface area contributed by atoms with Crippen molar-refractivity contribution in [1.82, 2.24) is 10.6 Å². The molecule has 0 spiro atoms. The third-order valence-electron chi connectivity index (χ3n) is 4.85. The van der Waals surface area contributed by atoms with E-state index in [1.165, 1.54) is 6.42 Å². The van der Waals surface area contributed by atoms with Crippen LogP contribution in [0.4, 0.5) is 0 Å². The van der Waals surface area contributed by atoms with Gasteiger partial charge in [-0.3, -0.25) is 4.79 Å². The summed E-state index contributed by atoms with van der Waals surface area (Å²) in [5.41, 5.74) is -0.174. The second kappa shape index (κ2) is 4.97. The van der Waals surface area contributed by atoms with Crippen LogP contribution in [-0.2, 0) is 4.79 Å². The van der Waals surface area contributed by atoms with E-state index in [2.05, 4.69) is 31.4 Å². The van der Waals surface area contributed by atoms with E-state index in [-0.39, 0.29) is 11.3 Å². The molecule has 2 aliphatic rings. The van der Waals surface area contributed by atoms with Crippen LogP contribution in [0.5, 0.6) is 0 Å². The van der Waals surface area contributed by atoms with Crippen LogP contribution in [0, 0.1) is 17.3 Å². The number of hydrogen-bond donors (Lipinski definition) is 2. The highest BCUT2D eigenvalue weighted by molar-refractivity contribution is 5.83. The lowest BCUT2D eigenvalue weighted by Crippen LogP contribution is -2.47. The first kappa shape index (κ1) is 12.9. The Labute approximate surface area is 105 Å². The molecule has 17 heavy (non-hydrogen) atoms. The van der Waals surface area contributed by atoms with E-state index in [1.54, 1.807) is 0 Å². The Morgan fingerprint density at radius 1 is 1.29 bits per heavy atom. The van der Waals surface area contributed by atoms with Gasteiger partial charge in [0.1, 0.15) is 0 Å². The normalized spacial score (nSPS) is 42.4. The molecular weight excluding hydrogens is 212 g/mol. The van der Waals surface area contributed by atoms with Crippen LogP contribution in [0.3, 0.4) is 0 Å². The number of hydrogen-bond acceptors (Lipinski definition) is 2. The summed E-state index contributed by atoms with van der Waals surface area (Å²) in [7, 11) is 0. The summed E-state index contributed by atoms with van der Waals surface area (Å²) in [6.07, 6.45) is 4.52. The van der Waals surface area contributed by atoms with E-state index in [0.29, 0.717) is 6.04 Å². The Bertz CT molecular complexity index is 284. The molecule has 1 saturated heterocycles. The Morgan fingerprint density at radius 2 is 2.06 bits per heavy atom. The van der Waals surface area contributed by atoms with Gasteiger partial charge in [-0.15, -0.1) is 0 Å². The maximum absolute atomic E-state index is 12.3. The molecule has 2 rings (SSSR count). The molecule has 1 heterocycles. The zero-order chi connectivity index (χ0) is 12.5. The zero-order valence-electron chi connectivity index (χ0n) is 11.4. The quantitative estimate of drug-likeness (QED) is 0.772. The summed E-state index contributed by atoms with van der Waals surface area (Å²) < 4.78 is 0.